The van der Waals surface area contributed by atoms with Crippen LogP contribution in [0.5, 0.6) is 0 Å². The summed E-state index contributed by atoms with van der Waals surface area (Å²) in [6.45, 7) is 2.53. The lowest BCUT2D eigenvalue weighted by atomic mass is 10.4. The van der Waals surface area contributed by atoms with Crippen molar-refractivity contribution >= 4 is 35.4 Å². The van der Waals surface area contributed by atoms with Crippen LogP contribution in [0, 0.1) is 0 Å². The molecular weight excluding hydrogens is 376 g/mol. The molecule has 26 heavy (non-hydrogen) atoms. The molecule has 0 atom stereocenters. The summed E-state index contributed by atoms with van der Waals surface area (Å²) in [5.41, 5.74) is 0. The molecule has 3 rings (SSSR count). The Kier molecular flexibility index (Phi) is 6.04. The summed E-state index contributed by atoms with van der Waals surface area (Å²) in [5, 5.41) is 9.66. The van der Waals surface area contributed by atoms with Crippen molar-refractivity contribution in [1.29, 1.82) is 0 Å². The molecule has 0 aliphatic carbocycles. The molecule has 1 fully saturated rings. The average molecular weight is 394 g/mol. The molecule has 1 aliphatic rings. The van der Waals surface area contributed by atoms with Gasteiger partial charge in [-0.1, -0.05) is 23.5 Å². The highest BCUT2D eigenvalue weighted by molar-refractivity contribution is 8.04. The van der Waals surface area contributed by atoms with E-state index in [0.29, 0.717) is 41.3 Å². The third kappa shape index (κ3) is 4.13. The lowest BCUT2D eigenvalue weighted by Gasteiger charge is -2.16. The molecular formula is C16H18N4O4S2. The maximum atomic E-state index is 12.1. The number of rotatable bonds is 7. The fourth-order valence-electron chi connectivity index (χ4n) is 2.34. The lowest BCUT2D eigenvalue weighted by Crippen LogP contribution is -2.27. The second-order valence-electron chi connectivity index (χ2n) is 5.26. The molecule has 1 amide bonds. The number of ether oxygens (including phenoxy) is 1. The van der Waals surface area contributed by atoms with Crippen LogP contribution in [0.15, 0.2) is 39.1 Å². The third-order valence-electron chi connectivity index (χ3n) is 3.56. The number of nitrogens with zero attached hydrogens (tertiary/aromatic N) is 4. The Labute approximate surface area is 159 Å². The van der Waals surface area contributed by atoms with Gasteiger partial charge in [-0.3, -0.25) is 4.79 Å². The van der Waals surface area contributed by atoms with E-state index in [1.54, 1.807) is 24.2 Å². The number of esters is 1. The van der Waals surface area contributed by atoms with Crippen LogP contribution in [0.4, 0.5) is 0 Å². The quantitative estimate of drug-likeness (QED) is 0.401. The van der Waals surface area contributed by atoms with Crippen LogP contribution in [0.1, 0.15) is 6.92 Å². The van der Waals surface area contributed by atoms with Crippen LogP contribution >= 0.6 is 23.5 Å². The van der Waals surface area contributed by atoms with Crippen molar-refractivity contribution in [2.45, 2.75) is 12.1 Å². The third-order valence-corrected chi connectivity index (χ3v) is 5.59. The monoisotopic (exact) mass is 394 g/mol. The van der Waals surface area contributed by atoms with E-state index in [1.807, 2.05) is 17.7 Å². The molecule has 1 saturated heterocycles. The van der Waals surface area contributed by atoms with Gasteiger partial charge in [-0.05, 0) is 19.1 Å². The maximum Gasteiger partial charge on any atom is 0.333 e. The van der Waals surface area contributed by atoms with Gasteiger partial charge in [-0.15, -0.1) is 10.2 Å². The molecule has 2 aromatic rings. The first kappa shape index (κ1) is 18.6. The van der Waals surface area contributed by atoms with Crippen LogP contribution in [0.25, 0.3) is 11.6 Å². The van der Waals surface area contributed by atoms with Crippen molar-refractivity contribution in [3.8, 4) is 11.6 Å². The summed E-state index contributed by atoms with van der Waals surface area (Å²) in [5.74, 6) is 1.81. The number of furan rings is 1. The maximum absolute atomic E-state index is 12.1. The fourth-order valence-corrected chi connectivity index (χ4v) is 4.13. The Balaban J connectivity index is 1.60. The Morgan fingerprint density at radius 3 is 3.08 bits per heavy atom. The predicted molar refractivity (Wildman–Crippen MR) is 98.3 cm³/mol. The van der Waals surface area contributed by atoms with Crippen LogP contribution in [-0.4, -0.2) is 56.2 Å². The molecule has 10 heteroatoms. The van der Waals surface area contributed by atoms with Crippen LogP contribution in [-0.2, 0) is 21.4 Å². The molecule has 0 aromatic carbocycles. The Morgan fingerprint density at radius 1 is 1.50 bits per heavy atom. The smallest absolute Gasteiger partial charge is 0.333 e. The number of hydrogen-bond donors (Lipinski definition) is 0. The largest absolute Gasteiger partial charge is 0.463 e. The Morgan fingerprint density at radius 2 is 2.35 bits per heavy atom. The van der Waals surface area contributed by atoms with E-state index >= 15 is 0 Å². The van der Waals surface area contributed by atoms with Crippen molar-refractivity contribution in [1.82, 2.24) is 19.7 Å². The van der Waals surface area contributed by atoms with E-state index in [2.05, 4.69) is 10.2 Å². The topological polar surface area (TPSA) is 90.5 Å². The lowest BCUT2D eigenvalue weighted by molar-refractivity contribution is -0.137. The molecule has 1 aliphatic heterocycles. The molecule has 8 nitrogen and oxygen atoms in total. The molecule has 3 heterocycles. The van der Waals surface area contributed by atoms with Gasteiger partial charge < -0.3 is 18.6 Å². The Hall–Kier alpha value is -2.20. The van der Waals surface area contributed by atoms with E-state index in [9.17, 15) is 9.59 Å². The van der Waals surface area contributed by atoms with Crippen molar-refractivity contribution in [2.24, 2.45) is 7.05 Å². The van der Waals surface area contributed by atoms with Gasteiger partial charge in [0, 0.05) is 19.3 Å². The first-order valence-corrected chi connectivity index (χ1v) is 9.95. The zero-order valence-electron chi connectivity index (χ0n) is 14.4. The molecule has 0 spiro atoms. The summed E-state index contributed by atoms with van der Waals surface area (Å²) < 4.78 is 12.1. The molecule has 0 N–H and O–H groups in total. The SMILES string of the molecule is CCOC(=O)/C=C1\SCC(=O)N1CCSc1nnc(-c2ccco2)n1C. The standard InChI is InChI=1S/C16H18N4O4S2/c1-3-23-14(22)9-13-20(12(21)10-26-13)6-8-25-16-18-17-15(19(16)2)11-5-4-7-24-11/h4-5,7,9H,3,6,8,10H2,1-2H3/b13-9-. The van der Waals surface area contributed by atoms with Gasteiger partial charge in [-0.2, -0.15) is 0 Å². The first-order chi connectivity index (χ1) is 12.6. The summed E-state index contributed by atoms with van der Waals surface area (Å²) >= 11 is 2.83. The van der Waals surface area contributed by atoms with Crippen molar-refractivity contribution < 1.29 is 18.7 Å². The number of carbonyl (C=O) groups is 2. The molecule has 2 aromatic heterocycles. The number of amides is 1. The second kappa shape index (κ2) is 8.45. The minimum atomic E-state index is -0.432. The van der Waals surface area contributed by atoms with Crippen molar-refractivity contribution in [3.63, 3.8) is 0 Å². The van der Waals surface area contributed by atoms with Crippen LogP contribution in [0.3, 0.4) is 0 Å². The number of carbonyl (C=O) groups excluding carboxylic acids is 2. The van der Waals surface area contributed by atoms with Crippen LogP contribution in [0.2, 0.25) is 0 Å². The van der Waals surface area contributed by atoms with E-state index < -0.39 is 5.97 Å². The molecule has 0 unspecified atom stereocenters. The minimum absolute atomic E-state index is 0.0135. The van der Waals surface area contributed by atoms with Gasteiger partial charge >= 0.3 is 5.97 Å². The molecule has 0 radical (unpaired) electrons. The number of hydrogen-bond acceptors (Lipinski definition) is 8. The van der Waals surface area contributed by atoms with E-state index in [4.69, 9.17) is 9.15 Å². The highest BCUT2D eigenvalue weighted by Gasteiger charge is 2.27. The summed E-state index contributed by atoms with van der Waals surface area (Å²) in [7, 11) is 1.86. The highest BCUT2D eigenvalue weighted by atomic mass is 32.2. The summed E-state index contributed by atoms with van der Waals surface area (Å²) in [6.07, 6.45) is 2.96. The van der Waals surface area contributed by atoms with Gasteiger partial charge in [-0.25, -0.2) is 4.79 Å². The number of thioether (sulfide) groups is 2. The minimum Gasteiger partial charge on any atom is -0.463 e. The second-order valence-corrected chi connectivity index (χ2v) is 7.32. The van der Waals surface area contributed by atoms with E-state index in [-0.39, 0.29) is 5.91 Å². The Bertz CT molecular complexity index is 816. The summed E-state index contributed by atoms with van der Waals surface area (Å²) in [6, 6.07) is 3.62. The van der Waals surface area contributed by atoms with Crippen LogP contribution < -0.4 is 0 Å². The fraction of sp³-hybridized carbons (Fsp3) is 0.375. The average Bonchev–Trinajstić information content (AvgIpc) is 3.32. The first-order valence-electron chi connectivity index (χ1n) is 7.97. The molecule has 0 bridgehead atoms. The van der Waals surface area contributed by atoms with Crippen molar-refractivity contribution in [3.05, 3.63) is 29.5 Å². The summed E-state index contributed by atoms with van der Waals surface area (Å²) in [4.78, 5) is 25.3. The van der Waals surface area contributed by atoms with Gasteiger partial charge in [0.1, 0.15) is 0 Å². The van der Waals surface area contributed by atoms with Gasteiger partial charge in [0.15, 0.2) is 16.7 Å². The zero-order chi connectivity index (χ0) is 18.5. The predicted octanol–water partition coefficient (Wildman–Crippen LogP) is 2.15. The normalized spacial score (nSPS) is 15.8. The van der Waals surface area contributed by atoms with Crippen molar-refractivity contribution in [2.75, 3.05) is 24.7 Å². The molecule has 138 valence electrons. The highest BCUT2D eigenvalue weighted by Crippen LogP contribution is 2.30. The molecule has 0 saturated carbocycles. The zero-order valence-corrected chi connectivity index (χ0v) is 16.0. The van der Waals surface area contributed by atoms with Gasteiger partial charge in [0.25, 0.3) is 0 Å². The van der Waals surface area contributed by atoms with E-state index in [1.165, 1.54) is 29.6 Å². The van der Waals surface area contributed by atoms with Gasteiger partial charge in [0.2, 0.25) is 5.91 Å². The van der Waals surface area contributed by atoms with Gasteiger partial charge in [0.05, 0.1) is 29.7 Å². The number of aromatic nitrogens is 3. The van der Waals surface area contributed by atoms with E-state index in [0.717, 1.165) is 5.16 Å².